The number of benzene rings is 1. The highest BCUT2D eigenvalue weighted by Gasteiger charge is 2.51. The van der Waals surface area contributed by atoms with E-state index < -0.39 is 17.4 Å². The smallest absolute Gasteiger partial charge is 0.308 e. The monoisotopic (exact) mass is 455 g/mol. The zero-order valence-electron chi connectivity index (χ0n) is 16.1. The first-order valence-electron chi connectivity index (χ1n) is 8.52. The third-order valence-electron chi connectivity index (χ3n) is 4.11. The first-order valence-corrected chi connectivity index (χ1v) is 9.64. The Labute approximate surface area is 171 Å². The van der Waals surface area contributed by atoms with Crippen molar-refractivity contribution in [3.05, 3.63) is 35.4 Å². The predicted molar refractivity (Wildman–Crippen MR) is 103 cm³/mol. The van der Waals surface area contributed by atoms with Crippen molar-refractivity contribution < 1.29 is 33.3 Å². The van der Waals surface area contributed by atoms with Gasteiger partial charge in [-0.05, 0) is 19.4 Å². The molecule has 0 saturated heterocycles. The van der Waals surface area contributed by atoms with Crippen LogP contribution in [0.3, 0.4) is 0 Å². The normalized spacial score (nSPS) is 18.5. The van der Waals surface area contributed by atoms with Gasteiger partial charge < -0.3 is 18.9 Å². The molecule has 0 aromatic heterocycles. The zero-order chi connectivity index (χ0) is 20.9. The van der Waals surface area contributed by atoms with Crippen LogP contribution in [0.5, 0.6) is 11.5 Å². The molecule has 1 atom stereocenters. The van der Waals surface area contributed by atoms with Crippen molar-refractivity contribution in [2.24, 2.45) is 0 Å². The Morgan fingerprint density at radius 1 is 1.25 bits per heavy atom. The summed E-state index contributed by atoms with van der Waals surface area (Å²) < 4.78 is 21.6. The van der Waals surface area contributed by atoms with Crippen LogP contribution in [0.15, 0.2) is 29.8 Å². The maximum Gasteiger partial charge on any atom is 0.308 e. The van der Waals surface area contributed by atoms with Gasteiger partial charge in [0.1, 0.15) is 0 Å². The Balaban J connectivity index is 2.45. The van der Waals surface area contributed by atoms with Gasteiger partial charge in [-0.15, -0.1) is 0 Å². The summed E-state index contributed by atoms with van der Waals surface area (Å²) in [7, 11) is 2.91. The highest BCUT2D eigenvalue weighted by atomic mass is 79.9. The number of nitrogens with one attached hydrogen (secondary N) is 1. The van der Waals surface area contributed by atoms with Gasteiger partial charge in [0, 0.05) is 24.2 Å². The number of ether oxygens (including phenoxy) is 4. The van der Waals surface area contributed by atoms with Gasteiger partial charge in [0.2, 0.25) is 23.2 Å². The van der Waals surface area contributed by atoms with Crippen LogP contribution in [0.2, 0.25) is 0 Å². The number of methoxy groups -OCH3 is 2. The Kier molecular flexibility index (Phi) is 7.06. The highest BCUT2D eigenvalue weighted by Crippen LogP contribution is 2.45. The number of Topliss-reactive ketones (excluding diaryl/α,β-unsaturated/α-hetero) is 1. The first-order chi connectivity index (χ1) is 13.3. The van der Waals surface area contributed by atoms with Crippen LogP contribution >= 0.6 is 15.9 Å². The Morgan fingerprint density at radius 2 is 1.96 bits per heavy atom. The minimum absolute atomic E-state index is 0.202. The van der Waals surface area contributed by atoms with E-state index in [1.807, 2.05) is 0 Å². The second kappa shape index (κ2) is 9.09. The average Bonchev–Trinajstić information content (AvgIpc) is 2.90. The molecule has 1 heterocycles. The van der Waals surface area contributed by atoms with Crippen molar-refractivity contribution >= 4 is 33.6 Å². The number of halogens is 1. The SMILES string of the molecule is COc1cccc(C2(C)OC(NC(=O)CCCBr)=C(OC(C)=O)C2=O)c1OC. The van der Waals surface area contributed by atoms with E-state index >= 15 is 0 Å². The average molecular weight is 456 g/mol. The lowest BCUT2D eigenvalue weighted by atomic mass is 9.90. The van der Waals surface area contributed by atoms with Crippen LogP contribution in [-0.2, 0) is 29.5 Å². The molecule has 0 spiro atoms. The van der Waals surface area contributed by atoms with Gasteiger partial charge >= 0.3 is 5.97 Å². The van der Waals surface area contributed by atoms with E-state index in [4.69, 9.17) is 18.9 Å². The molecule has 0 saturated carbocycles. The molecule has 1 aliphatic rings. The molecule has 1 unspecified atom stereocenters. The number of amides is 1. The summed E-state index contributed by atoms with van der Waals surface area (Å²) >= 11 is 3.25. The van der Waals surface area contributed by atoms with Gasteiger partial charge in [0.05, 0.1) is 14.2 Å². The van der Waals surface area contributed by atoms with E-state index in [1.54, 1.807) is 18.2 Å². The third-order valence-corrected chi connectivity index (χ3v) is 4.67. The van der Waals surface area contributed by atoms with Crippen molar-refractivity contribution in [2.45, 2.75) is 32.3 Å². The van der Waals surface area contributed by atoms with E-state index in [2.05, 4.69) is 21.2 Å². The van der Waals surface area contributed by atoms with Gasteiger partial charge in [-0.25, -0.2) is 0 Å². The van der Waals surface area contributed by atoms with Gasteiger partial charge in [0.25, 0.3) is 5.78 Å². The molecule has 0 bridgehead atoms. The lowest BCUT2D eigenvalue weighted by Crippen LogP contribution is -2.33. The number of carbonyl (C=O) groups is 3. The molecular formula is C19H22BrNO7. The van der Waals surface area contributed by atoms with Crippen LogP contribution in [-0.4, -0.2) is 37.2 Å². The number of para-hydroxylation sites is 1. The van der Waals surface area contributed by atoms with E-state index in [1.165, 1.54) is 21.1 Å². The largest absolute Gasteiger partial charge is 0.493 e. The number of hydrogen-bond donors (Lipinski definition) is 1. The Bertz CT molecular complexity index is 821. The summed E-state index contributed by atoms with van der Waals surface area (Å²) in [5.74, 6) is -1.55. The first kappa shape index (κ1) is 21.7. The molecule has 1 aromatic rings. The van der Waals surface area contributed by atoms with E-state index in [-0.39, 0.29) is 24.0 Å². The van der Waals surface area contributed by atoms with E-state index in [9.17, 15) is 14.4 Å². The lowest BCUT2D eigenvalue weighted by Gasteiger charge is -2.26. The maximum atomic E-state index is 13.1. The molecule has 152 valence electrons. The molecule has 1 aliphatic heterocycles. The van der Waals surface area contributed by atoms with Crippen molar-refractivity contribution in [3.8, 4) is 11.5 Å². The Hall–Kier alpha value is -2.55. The van der Waals surface area contributed by atoms with Crippen molar-refractivity contribution in [3.63, 3.8) is 0 Å². The summed E-state index contributed by atoms with van der Waals surface area (Å²) in [6.07, 6.45) is 0.801. The molecule has 0 fully saturated rings. The number of carbonyl (C=O) groups excluding carboxylic acids is 3. The van der Waals surface area contributed by atoms with E-state index in [0.29, 0.717) is 28.8 Å². The van der Waals surface area contributed by atoms with Crippen LogP contribution in [0.1, 0.15) is 32.3 Å². The second-order valence-electron chi connectivity index (χ2n) is 6.10. The fraction of sp³-hybridized carbons (Fsp3) is 0.421. The van der Waals surface area contributed by atoms with Gasteiger partial charge in [-0.3, -0.25) is 19.7 Å². The molecule has 9 heteroatoms. The van der Waals surface area contributed by atoms with Gasteiger partial charge in [-0.2, -0.15) is 0 Å². The van der Waals surface area contributed by atoms with Gasteiger partial charge in [-0.1, -0.05) is 28.1 Å². The number of rotatable bonds is 8. The number of ketones is 1. The molecule has 0 aliphatic carbocycles. The van der Waals surface area contributed by atoms with Crippen molar-refractivity contribution in [2.75, 3.05) is 19.5 Å². The van der Waals surface area contributed by atoms with Crippen LogP contribution < -0.4 is 14.8 Å². The molecule has 1 amide bonds. The van der Waals surface area contributed by atoms with Gasteiger partial charge in [0.15, 0.2) is 11.5 Å². The molecule has 2 rings (SSSR count). The molecule has 1 aromatic carbocycles. The highest BCUT2D eigenvalue weighted by molar-refractivity contribution is 9.09. The van der Waals surface area contributed by atoms with Crippen LogP contribution in [0.4, 0.5) is 0 Å². The minimum Gasteiger partial charge on any atom is -0.493 e. The predicted octanol–water partition coefficient (Wildman–Crippen LogP) is 2.54. The quantitative estimate of drug-likeness (QED) is 0.474. The van der Waals surface area contributed by atoms with Crippen LogP contribution in [0.25, 0.3) is 0 Å². The maximum absolute atomic E-state index is 13.1. The molecule has 28 heavy (non-hydrogen) atoms. The van der Waals surface area contributed by atoms with Crippen LogP contribution in [0, 0.1) is 0 Å². The minimum atomic E-state index is -1.58. The molecular weight excluding hydrogens is 434 g/mol. The number of alkyl halides is 1. The summed E-state index contributed by atoms with van der Waals surface area (Å²) in [6.45, 7) is 2.67. The lowest BCUT2D eigenvalue weighted by molar-refractivity contribution is -0.142. The van der Waals surface area contributed by atoms with Crippen molar-refractivity contribution in [1.29, 1.82) is 0 Å². The molecule has 8 nitrogen and oxygen atoms in total. The fourth-order valence-corrected chi connectivity index (χ4v) is 3.07. The summed E-state index contributed by atoms with van der Waals surface area (Å²) in [5.41, 5.74) is -1.21. The second-order valence-corrected chi connectivity index (χ2v) is 6.89. The zero-order valence-corrected chi connectivity index (χ0v) is 17.7. The third kappa shape index (κ3) is 4.30. The fourth-order valence-electron chi connectivity index (χ4n) is 2.79. The summed E-state index contributed by atoms with van der Waals surface area (Å²) in [5, 5.41) is 3.17. The van der Waals surface area contributed by atoms with E-state index in [0.717, 1.165) is 6.92 Å². The summed E-state index contributed by atoms with van der Waals surface area (Å²) in [4.78, 5) is 36.7. The number of hydrogen-bond acceptors (Lipinski definition) is 7. The standard InChI is InChI=1S/C19H22BrNO7/c1-11(22)27-16-17(24)19(2,28-18(16)21-14(23)9-6-10-20)12-7-5-8-13(25-3)15(12)26-4/h5,7-8H,6,9-10H2,1-4H3,(H,21,23). The Morgan fingerprint density at radius 3 is 2.54 bits per heavy atom. The molecule has 1 N–H and O–H groups in total. The number of esters is 1. The van der Waals surface area contributed by atoms with Crippen molar-refractivity contribution in [1.82, 2.24) is 5.32 Å². The summed E-state index contributed by atoms with van der Waals surface area (Å²) in [6, 6.07) is 4.99. The topological polar surface area (TPSA) is 100 Å². The molecule has 0 radical (unpaired) electrons.